The van der Waals surface area contributed by atoms with E-state index in [4.69, 9.17) is 14.4 Å². The van der Waals surface area contributed by atoms with Crippen molar-refractivity contribution < 1.29 is 14.4 Å². The second-order valence-electron chi connectivity index (χ2n) is 6.88. The van der Waals surface area contributed by atoms with Gasteiger partial charge in [-0.3, -0.25) is 19.7 Å². The fraction of sp³-hybridized carbons (Fsp3) is 0.667. The molecule has 0 amide bonds. The lowest BCUT2D eigenvalue weighted by atomic mass is 10.1. The molecule has 0 aliphatic carbocycles. The van der Waals surface area contributed by atoms with Crippen LogP contribution in [0.3, 0.4) is 0 Å². The molecule has 2 saturated heterocycles. The average molecular weight is 346 g/mol. The molecule has 0 aromatic rings. The Morgan fingerprint density at radius 3 is 1.48 bits per heavy atom. The topological polar surface area (TPSA) is 58.9 Å². The fourth-order valence-corrected chi connectivity index (χ4v) is 3.54. The highest BCUT2D eigenvalue weighted by Crippen LogP contribution is 2.32. The molecule has 0 aromatic carbocycles. The van der Waals surface area contributed by atoms with E-state index in [-0.39, 0.29) is 0 Å². The Hall–Kier alpha value is -1.38. The Morgan fingerprint density at radius 2 is 1.12 bits per heavy atom. The minimum Gasteiger partial charge on any atom is -0.304 e. The van der Waals surface area contributed by atoms with Crippen LogP contribution in [0.5, 0.6) is 0 Å². The van der Waals surface area contributed by atoms with E-state index in [1.165, 1.54) is 0 Å². The van der Waals surface area contributed by atoms with Crippen molar-refractivity contribution in [3.05, 3.63) is 24.3 Å². The summed E-state index contributed by atoms with van der Waals surface area (Å²) in [4.78, 5) is 21.3. The van der Waals surface area contributed by atoms with Gasteiger partial charge in [-0.2, -0.15) is 10.1 Å². The molecule has 4 aliphatic rings. The van der Waals surface area contributed by atoms with Crippen molar-refractivity contribution in [1.29, 1.82) is 0 Å². The molecular weight excluding hydrogens is 320 g/mol. The largest absolute Gasteiger partial charge is 0.304 e. The van der Waals surface area contributed by atoms with Gasteiger partial charge in [-0.1, -0.05) is 0 Å². The van der Waals surface area contributed by atoms with Crippen LogP contribution in [0.4, 0.5) is 0 Å². The van der Waals surface area contributed by atoms with Gasteiger partial charge >= 0.3 is 0 Å². The van der Waals surface area contributed by atoms with Crippen molar-refractivity contribution in [2.45, 2.75) is 37.3 Å². The summed E-state index contributed by atoms with van der Waals surface area (Å²) in [6.07, 6.45) is 15.7. The molecule has 4 aliphatic heterocycles. The Bertz CT molecular complexity index is 529. The molecule has 0 N–H and O–H groups in total. The summed E-state index contributed by atoms with van der Waals surface area (Å²) in [6, 6.07) is 0. The van der Waals surface area contributed by atoms with Crippen LogP contribution < -0.4 is 0 Å². The highest BCUT2D eigenvalue weighted by molar-refractivity contribution is 5.73. The number of hydrogen-bond donors (Lipinski definition) is 0. The van der Waals surface area contributed by atoms with E-state index in [9.17, 15) is 0 Å². The molecule has 2 atom stereocenters. The SMILES string of the molecule is C1=CC(ON2CCCC2)(OC2(ON3CCCC3)C=CC=NC2)CN=C1. The molecule has 2 unspecified atom stereocenters. The number of aliphatic imine (C=N–C) groups is 2. The van der Waals surface area contributed by atoms with Crippen LogP contribution in [-0.2, 0) is 14.4 Å². The van der Waals surface area contributed by atoms with Crippen molar-refractivity contribution in [2.24, 2.45) is 9.98 Å². The quantitative estimate of drug-likeness (QED) is 0.686. The number of ether oxygens (including phenoxy) is 1. The first-order chi connectivity index (χ1) is 12.3. The van der Waals surface area contributed by atoms with Gasteiger partial charge in [-0.15, -0.1) is 0 Å². The highest BCUT2D eigenvalue weighted by Gasteiger charge is 2.45. The van der Waals surface area contributed by atoms with Gasteiger partial charge in [0.2, 0.25) is 11.6 Å². The molecule has 0 aromatic heterocycles. The van der Waals surface area contributed by atoms with Crippen LogP contribution >= 0.6 is 0 Å². The molecule has 25 heavy (non-hydrogen) atoms. The Balaban J connectivity index is 1.54. The first-order valence-corrected chi connectivity index (χ1v) is 9.21. The minimum atomic E-state index is -0.962. The number of dihydropyridines is 2. The predicted molar refractivity (Wildman–Crippen MR) is 95.3 cm³/mol. The summed E-state index contributed by atoms with van der Waals surface area (Å²) in [7, 11) is 0. The van der Waals surface area contributed by atoms with E-state index in [2.05, 4.69) is 9.98 Å². The van der Waals surface area contributed by atoms with Crippen molar-refractivity contribution in [3.63, 3.8) is 0 Å². The monoisotopic (exact) mass is 346 g/mol. The summed E-state index contributed by atoms with van der Waals surface area (Å²) in [5.74, 6) is -1.92. The molecule has 0 saturated carbocycles. The third-order valence-electron chi connectivity index (χ3n) is 4.75. The Kier molecular flexibility index (Phi) is 5.10. The van der Waals surface area contributed by atoms with E-state index in [0.29, 0.717) is 13.1 Å². The Labute approximate surface area is 148 Å². The highest BCUT2D eigenvalue weighted by atomic mass is 16.9. The smallest absolute Gasteiger partial charge is 0.229 e. The Morgan fingerprint density at radius 1 is 0.680 bits per heavy atom. The van der Waals surface area contributed by atoms with Gasteiger partial charge in [0.25, 0.3) is 0 Å². The fourth-order valence-electron chi connectivity index (χ4n) is 3.54. The van der Waals surface area contributed by atoms with Crippen LogP contribution in [0.1, 0.15) is 25.7 Å². The average Bonchev–Trinajstić information content (AvgIpc) is 3.30. The lowest BCUT2D eigenvalue weighted by molar-refractivity contribution is -0.406. The molecule has 0 radical (unpaired) electrons. The lowest BCUT2D eigenvalue weighted by Crippen LogP contribution is -2.54. The van der Waals surface area contributed by atoms with Gasteiger partial charge in [-0.05, 0) is 50.0 Å². The molecular formula is C18H26N4O3. The lowest BCUT2D eigenvalue weighted by Gasteiger charge is -2.42. The van der Waals surface area contributed by atoms with E-state index in [1.54, 1.807) is 12.4 Å². The summed E-state index contributed by atoms with van der Waals surface area (Å²) < 4.78 is 6.50. The van der Waals surface area contributed by atoms with Crippen molar-refractivity contribution >= 4 is 12.4 Å². The van der Waals surface area contributed by atoms with E-state index in [1.807, 2.05) is 34.4 Å². The minimum absolute atomic E-state index is 0.405. The molecule has 0 spiro atoms. The van der Waals surface area contributed by atoms with Crippen molar-refractivity contribution in [2.75, 3.05) is 39.3 Å². The number of hydroxylamine groups is 4. The maximum atomic E-state index is 6.50. The zero-order chi connectivity index (χ0) is 17.0. The summed E-state index contributed by atoms with van der Waals surface area (Å²) in [5, 5.41) is 3.95. The summed E-state index contributed by atoms with van der Waals surface area (Å²) >= 11 is 0. The van der Waals surface area contributed by atoms with E-state index in [0.717, 1.165) is 51.9 Å². The molecule has 7 nitrogen and oxygen atoms in total. The van der Waals surface area contributed by atoms with Crippen LogP contribution in [0.15, 0.2) is 34.3 Å². The zero-order valence-corrected chi connectivity index (χ0v) is 14.5. The van der Waals surface area contributed by atoms with E-state index >= 15 is 0 Å². The molecule has 136 valence electrons. The van der Waals surface area contributed by atoms with Crippen molar-refractivity contribution in [3.8, 4) is 0 Å². The van der Waals surface area contributed by atoms with Crippen molar-refractivity contribution in [1.82, 2.24) is 10.1 Å². The first kappa shape index (κ1) is 17.1. The molecule has 7 heteroatoms. The number of allylic oxidation sites excluding steroid dienone is 2. The second-order valence-corrected chi connectivity index (χ2v) is 6.88. The van der Waals surface area contributed by atoms with Gasteiger partial charge in [-0.25, -0.2) is 0 Å². The van der Waals surface area contributed by atoms with Gasteiger partial charge in [0.05, 0.1) is 13.1 Å². The maximum Gasteiger partial charge on any atom is 0.229 e. The zero-order valence-electron chi connectivity index (χ0n) is 14.5. The molecule has 4 rings (SSSR count). The van der Waals surface area contributed by atoms with Gasteiger partial charge in [0, 0.05) is 38.6 Å². The molecule has 4 heterocycles. The van der Waals surface area contributed by atoms with Gasteiger partial charge in [0.15, 0.2) is 0 Å². The van der Waals surface area contributed by atoms with Gasteiger partial charge < -0.3 is 4.74 Å². The normalized spacial score (nSPS) is 35.8. The number of hydrogen-bond acceptors (Lipinski definition) is 7. The van der Waals surface area contributed by atoms with Crippen LogP contribution in [-0.4, -0.2) is 73.4 Å². The number of nitrogens with zero attached hydrogens (tertiary/aromatic N) is 4. The third-order valence-corrected chi connectivity index (χ3v) is 4.75. The van der Waals surface area contributed by atoms with Crippen LogP contribution in [0.25, 0.3) is 0 Å². The molecule has 0 bridgehead atoms. The van der Waals surface area contributed by atoms with E-state index < -0.39 is 11.6 Å². The first-order valence-electron chi connectivity index (χ1n) is 9.21. The molecule has 2 fully saturated rings. The second kappa shape index (κ2) is 7.47. The van der Waals surface area contributed by atoms with Gasteiger partial charge in [0.1, 0.15) is 0 Å². The third kappa shape index (κ3) is 4.07. The standard InChI is InChI=1S/C18H26N4O3/c1-2-12-21(11-1)24-17(7-5-9-19-15-17)23-18(8-6-10-20-16-18)25-22-13-3-4-14-22/h5-10H,1-4,11-16H2. The predicted octanol–water partition coefficient (Wildman–Crippen LogP) is 1.73. The number of rotatable bonds is 6. The van der Waals surface area contributed by atoms with Crippen LogP contribution in [0.2, 0.25) is 0 Å². The maximum absolute atomic E-state index is 6.50. The van der Waals surface area contributed by atoms with Crippen LogP contribution in [0, 0.1) is 0 Å². The summed E-state index contributed by atoms with van der Waals surface area (Å²) in [6.45, 7) is 4.46. The summed E-state index contributed by atoms with van der Waals surface area (Å²) in [5.41, 5.74) is 0.